The fraction of sp³-hybridized carbons (Fsp3) is 0.727. The molecule has 0 aliphatic carbocycles. The van der Waals surface area contributed by atoms with Crippen LogP contribution in [-0.4, -0.2) is 32.7 Å². The fourth-order valence-corrected chi connectivity index (χ4v) is 3.66. The van der Waals surface area contributed by atoms with E-state index in [9.17, 15) is 8.42 Å². The predicted octanol–water partition coefficient (Wildman–Crippen LogP) is 2.01. The van der Waals surface area contributed by atoms with E-state index in [4.69, 9.17) is 0 Å². The van der Waals surface area contributed by atoms with Crippen molar-refractivity contribution < 1.29 is 8.42 Å². The molecule has 0 bridgehead atoms. The molecule has 0 radical (unpaired) electrons. The number of nitrogens with zero attached hydrogens (tertiary/aromatic N) is 1. The Bertz CT molecular complexity index is 455. The largest absolute Gasteiger partial charge is 0.320 e. The first-order chi connectivity index (χ1) is 8.44. The highest BCUT2D eigenvalue weighted by atomic mass is 32.2. The zero-order chi connectivity index (χ0) is 13.6. The van der Waals surface area contributed by atoms with Gasteiger partial charge in [0.05, 0.1) is 11.4 Å². The van der Waals surface area contributed by atoms with Gasteiger partial charge in [0.1, 0.15) is 0 Å². The Kier molecular flexibility index (Phi) is 6.04. The molecule has 1 aromatic heterocycles. The quantitative estimate of drug-likeness (QED) is 0.719. The first-order valence-electron chi connectivity index (χ1n) is 6.05. The standard InChI is InChI=1S/C11H21N3O2S2/c1-9(2)10-8-17-11(13-10)14-18(15,16)7-5-4-6-12-3/h8-9,12H,4-7H2,1-3H3,(H,13,14). The van der Waals surface area contributed by atoms with Gasteiger partial charge in [-0.2, -0.15) is 0 Å². The molecular weight excluding hydrogens is 270 g/mol. The van der Waals surface area contributed by atoms with Gasteiger partial charge in [0.15, 0.2) is 5.13 Å². The van der Waals surface area contributed by atoms with Crippen molar-refractivity contribution in [2.24, 2.45) is 0 Å². The van der Waals surface area contributed by atoms with Crippen LogP contribution in [0.4, 0.5) is 5.13 Å². The summed E-state index contributed by atoms with van der Waals surface area (Å²) >= 11 is 1.33. The van der Waals surface area contributed by atoms with Crippen LogP contribution >= 0.6 is 11.3 Å². The van der Waals surface area contributed by atoms with Gasteiger partial charge in [-0.3, -0.25) is 4.72 Å². The number of unbranched alkanes of at least 4 members (excludes halogenated alkanes) is 1. The molecule has 104 valence electrons. The molecule has 18 heavy (non-hydrogen) atoms. The zero-order valence-corrected chi connectivity index (χ0v) is 12.7. The Morgan fingerprint density at radius 2 is 2.11 bits per heavy atom. The molecule has 0 fully saturated rings. The van der Waals surface area contributed by atoms with Crippen LogP contribution in [0.2, 0.25) is 0 Å². The molecule has 0 amide bonds. The number of rotatable bonds is 8. The van der Waals surface area contributed by atoms with Gasteiger partial charge >= 0.3 is 0 Å². The maximum absolute atomic E-state index is 11.8. The maximum atomic E-state index is 11.8. The van der Waals surface area contributed by atoms with Crippen LogP contribution in [0.5, 0.6) is 0 Å². The molecule has 0 aliphatic rings. The van der Waals surface area contributed by atoms with Gasteiger partial charge in [0.25, 0.3) is 0 Å². The molecule has 2 N–H and O–H groups in total. The third-order valence-corrected chi connectivity index (χ3v) is 4.68. The van der Waals surface area contributed by atoms with Gasteiger partial charge in [0.2, 0.25) is 10.0 Å². The molecular formula is C11H21N3O2S2. The lowest BCUT2D eigenvalue weighted by Gasteiger charge is -2.05. The minimum Gasteiger partial charge on any atom is -0.320 e. The van der Waals surface area contributed by atoms with E-state index in [1.54, 1.807) is 0 Å². The molecule has 1 heterocycles. The van der Waals surface area contributed by atoms with Crippen molar-refractivity contribution in [3.63, 3.8) is 0 Å². The van der Waals surface area contributed by atoms with Crippen LogP contribution in [0.1, 0.15) is 38.3 Å². The monoisotopic (exact) mass is 291 g/mol. The average Bonchev–Trinajstić information content (AvgIpc) is 2.72. The average molecular weight is 291 g/mol. The molecule has 1 aromatic rings. The van der Waals surface area contributed by atoms with E-state index in [-0.39, 0.29) is 5.75 Å². The summed E-state index contributed by atoms with van der Waals surface area (Å²) in [6.07, 6.45) is 1.51. The van der Waals surface area contributed by atoms with Gasteiger partial charge in [-0.1, -0.05) is 13.8 Å². The fourth-order valence-electron chi connectivity index (χ4n) is 1.38. The van der Waals surface area contributed by atoms with Crippen molar-refractivity contribution >= 4 is 26.5 Å². The van der Waals surface area contributed by atoms with Gasteiger partial charge < -0.3 is 5.32 Å². The number of hydrogen-bond donors (Lipinski definition) is 2. The van der Waals surface area contributed by atoms with Crippen LogP contribution in [0.25, 0.3) is 0 Å². The summed E-state index contributed by atoms with van der Waals surface area (Å²) in [7, 11) is -1.40. The minimum absolute atomic E-state index is 0.144. The maximum Gasteiger partial charge on any atom is 0.234 e. The van der Waals surface area contributed by atoms with Gasteiger partial charge in [-0.15, -0.1) is 11.3 Å². The zero-order valence-electron chi connectivity index (χ0n) is 11.1. The van der Waals surface area contributed by atoms with E-state index in [0.717, 1.165) is 18.7 Å². The molecule has 0 atom stereocenters. The predicted molar refractivity (Wildman–Crippen MR) is 76.8 cm³/mol. The highest BCUT2D eigenvalue weighted by Crippen LogP contribution is 2.22. The van der Waals surface area contributed by atoms with E-state index in [1.165, 1.54) is 11.3 Å². The lowest BCUT2D eigenvalue weighted by molar-refractivity contribution is 0.595. The van der Waals surface area contributed by atoms with Gasteiger partial charge in [-0.05, 0) is 32.4 Å². The lowest BCUT2D eigenvalue weighted by Crippen LogP contribution is -2.18. The van der Waals surface area contributed by atoms with Crippen LogP contribution in [0.3, 0.4) is 0 Å². The first-order valence-corrected chi connectivity index (χ1v) is 8.58. The SMILES string of the molecule is CNCCCCS(=O)(=O)Nc1nc(C(C)C)cs1. The third-order valence-electron chi connectivity index (χ3n) is 2.45. The van der Waals surface area contributed by atoms with Crippen LogP contribution < -0.4 is 10.0 Å². The van der Waals surface area contributed by atoms with E-state index in [2.05, 4.69) is 15.0 Å². The van der Waals surface area contributed by atoms with E-state index in [1.807, 2.05) is 26.3 Å². The van der Waals surface area contributed by atoms with Gasteiger partial charge in [-0.25, -0.2) is 13.4 Å². The smallest absolute Gasteiger partial charge is 0.234 e. The van der Waals surface area contributed by atoms with E-state index >= 15 is 0 Å². The van der Waals surface area contributed by atoms with E-state index < -0.39 is 10.0 Å². The highest BCUT2D eigenvalue weighted by Gasteiger charge is 2.13. The van der Waals surface area contributed by atoms with E-state index in [0.29, 0.717) is 17.5 Å². The summed E-state index contributed by atoms with van der Waals surface area (Å²) in [5.74, 6) is 0.459. The highest BCUT2D eigenvalue weighted by molar-refractivity contribution is 7.92. The molecule has 0 aromatic carbocycles. The molecule has 0 spiro atoms. The van der Waals surface area contributed by atoms with Crippen molar-refractivity contribution in [2.75, 3.05) is 24.1 Å². The molecule has 0 saturated heterocycles. The van der Waals surface area contributed by atoms with Crippen molar-refractivity contribution in [1.82, 2.24) is 10.3 Å². The van der Waals surface area contributed by atoms with Crippen LogP contribution in [0, 0.1) is 0 Å². The summed E-state index contributed by atoms with van der Waals surface area (Å²) in [6.45, 7) is 4.90. The van der Waals surface area contributed by atoms with Gasteiger partial charge in [0, 0.05) is 5.38 Å². The van der Waals surface area contributed by atoms with Crippen LogP contribution in [0.15, 0.2) is 5.38 Å². The number of anilines is 1. The molecule has 0 aliphatic heterocycles. The molecule has 0 unspecified atom stereocenters. The topological polar surface area (TPSA) is 71.1 Å². The number of nitrogens with one attached hydrogen (secondary N) is 2. The second-order valence-corrected chi connectivity index (χ2v) is 7.16. The van der Waals surface area contributed by atoms with Crippen molar-refractivity contribution in [3.05, 3.63) is 11.1 Å². The second-order valence-electron chi connectivity index (χ2n) is 4.46. The molecule has 5 nitrogen and oxygen atoms in total. The summed E-state index contributed by atoms with van der Waals surface area (Å²) in [6, 6.07) is 0. The Hall–Kier alpha value is -0.660. The first kappa shape index (κ1) is 15.4. The number of sulfonamides is 1. The van der Waals surface area contributed by atoms with Crippen LogP contribution in [-0.2, 0) is 10.0 Å². The summed E-state index contributed by atoms with van der Waals surface area (Å²) in [4.78, 5) is 4.26. The normalized spacial score (nSPS) is 12.0. The number of hydrogen-bond acceptors (Lipinski definition) is 5. The second kappa shape index (κ2) is 7.06. The van der Waals surface area contributed by atoms with Crippen molar-refractivity contribution in [1.29, 1.82) is 0 Å². The van der Waals surface area contributed by atoms with Crippen molar-refractivity contribution in [2.45, 2.75) is 32.6 Å². The molecule has 7 heteroatoms. The third kappa shape index (κ3) is 5.32. The minimum atomic E-state index is -3.26. The number of aromatic nitrogens is 1. The lowest BCUT2D eigenvalue weighted by atomic mass is 10.2. The molecule has 0 saturated carbocycles. The Morgan fingerprint density at radius 3 is 2.67 bits per heavy atom. The number of thiazole rings is 1. The Morgan fingerprint density at radius 1 is 1.39 bits per heavy atom. The molecule has 1 rings (SSSR count). The summed E-state index contributed by atoms with van der Waals surface area (Å²) in [5.41, 5.74) is 0.924. The van der Waals surface area contributed by atoms with Crippen molar-refractivity contribution in [3.8, 4) is 0 Å². The summed E-state index contributed by atoms with van der Waals surface area (Å²) in [5, 5.41) is 5.35. The Balaban J connectivity index is 2.48. The Labute approximate surface area is 113 Å². The summed E-state index contributed by atoms with van der Waals surface area (Å²) < 4.78 is 26.1.